The van der Waals surface area contributed by atoms with E-state index in [0.29, 0.717) is 5.92 Å². The number of benzene rings is 2. The Morgan fingerprint density at radius 2 is 1.91 bits per heavy atom. The van der Waals surface area contributed by atoms with E-state index in [1.165, 1.54) is 12.1 Å². The fourth-order valence-electron chi connectivity index (χ4n) is 3.90. The van der Waals surface area contributed by atoms with E-state index < -0.39 is 18.2 Å². The average molecular weight is 436 g/mol. The van der Waals surface area contributed by atoms with E-state index in [9.17, 15) is 19.4 Å². The lowest BCUT2D eigenvalue weighted by Crippen LogP contribution is -2.22. The molecule has 32 heavy (non-hydrogen) atoms. The number of aliphatic hydroxyl groups excluding tert-OH is 2. The first kappa shape index (κ1) is 22.1. The molecular formula is C25H25FN2O4. The van der Waals surface area contributed by atoms with Crippen molar-refractivity contribution in [1.29, 1.82) is 0 Å². The van der Waals surface area contributed by atoms with Gasteiger partial charge < -0.3 is 15.1 Å². The summed E-state index contributed by atoms with van der Waals surface area (Å²) < 4.78 is 13.6. The molecule has 6 nitrogen and oxygen atoms in total. The van der Waals surface area contributed by atoms with Gasteiger partial charge in [-0.2, -0.15) is 5.90 Å². The highest BCUT2D eigenvalue weighted by Gasteiger charge is 2.29. The van der Waals surface area contributed by atoms with Gasteiger partial charge in [0, 0.05) is 28.9 Å². The van der Waals surface area contributed by atoms with Crippen molar-refractivity contribution in [3.8, 4) is 11.1 Å². The van der Waals surface area contributed by atoms with Crippen LogP contribution in [0.4, 0.5) is 4.39 Å². The van der Waals surface area contributed by atoms with Gasteiger partial charge in [-0.1, -0.05) is 42.5 Å². The molecule has 1 aromatic heterocycles. The molecule has 0 amide bonds. The standard InChI is InChI=1S/C25H25FN2O4/c26-17-9-7-15(8-10-17)24-20-3-1-2-4-22(20)28-25(16-5-6-16)21(24)12-11-18(29)13-19(30)14-23(31)32-27/h1-4,7-12,16,18-19,29-30H,5-6,13-14,27H2. The Hall–Kier alpha value is -3.13. The van der Waals surface area contributed by atoms with Crippen molar-refractivity contribution < 1.29 is 24.2 Å². The van der Waals surface area contributed by atoms with E-state index in [2.05, 4.69) is 4.84 Å². The molecule has 2 atom stereocenters. The lowest BCUT2D eigenvalue weighted by molar-refractivity contribution is -0.146. The number of fused-ring (bicyclic) bond motifs is 1. The predicted molar refractivity (Wildman–Crippen MR) is 120 cm³/mol. The number of aromatic nitrogens is 1. The Balaban J connectivity index is 1.75. The Kier molecular flexibility index (Phi) is 6.60. The van der Waals surface area contributed by atoms with Crippen molar-refractivity contribution in [2.45, 2.75) is 43.8 Å². The van der Waals surface area contributed by atoms with Gasteiger partial charge in [0.25, 0.3) is 0 Å². The summed E-state index contributed by atoms with van der Waals surface area (Å²) in [5, 5.41) is 21.3. The summed E-state index contributed by atoms with van der Waals surface area (Å²) in [5.74, 6) is 4.07. The highest BCUT2D eigenvalue weighted by Crippen LogP contribution is 2.45. The molecule has 7 heteroatoms. The monoisotopic (exact) mass is 436 g/mol. The first-order chi connectivity index (χ1) is 15.5. The molecule has 0 radical (unpaired) electrons. The first-order valence-corrected chi connectivity index (χ1v) is 10.6. The average Bonchev–Trinajstić information content (AvgIpc) is 3.62. The van der Waals surface area contributed by atoms with Gasteiger partial charge in [0.05, 0.1) is 29.8 Å². The SMILES string of the molecule is NOC(=O)CC(O)CC(O)C=Cc1c(C2CC2)nc2ccccc2c1-c1ccc(F)cc1. The molecule has 1 aliphatic carbocycles. The van der Waals surface area contributed by atoms with Gasteiger partial charge in [0.15, 0.2) is 0 Å². The maximum absolute atomic E-state index is 13.6. The summed E-state index contributed by atoms with van der Waals surface area (Å²) in [6.45, 7) is 0. The number of nitrogens with zero attached hydrogens (tertiary/aromatic N) is 1. The van der Waals surface area contributed by atoms with Crippen LogP contribution in [0.5, 0.6) is 0 Å². The van der Waals surface area contributed by atoms with Crippen LogP contribution in [0, 0.1) is 5.82 Å². The topological polar surface area (TPSA) is 106 Å². The zero-order valence-electron chi connectivity index (χ0n) is 17.4. The zero-order chi connectivity index (χ0) is 22.7. The number of hydrogen-bond donors (Lipinski definition) is 3. The highest BCUT2D eigenvalue weighted by atomic mass is 19.1. The van der Waals surface area contributed by atoms with Crippen LogP contribution in [0.2, 0.25) is 0 Å². The summed E-state index contributed by atoms with van der Waals surface area (Å²) >= 11 is 0. The molecule has 1 heterocycles. The van der Waals surface area contributed by atoms with Gasteiger partial charge in [-0.15, -0.1) is 0 Å². The van der Waals surface area contributed by atoms with E-state index in [1.807, 2.05) is 30.3 Å². The second-order valence-electron chi connectivity index (χ2n) is 8.09. The van der Waals surface area contributed by atoms with Crippen LogP contribution in [0.25, 0.3) is 28.1 Å². The summed E-state index contributed by atoms with van der Waals surface area (Å²) in [5.41, 5.74) is 4.45. The lowest BCUT2D eigenvalue weighted by Gasteiger charge is -2.16. The second-order valence-corrected chi connectivity index (χ2v) is 8.09. The van der Waals surface area contributed by atoms with E-state index in [0.717, 1.165) is 46.1 Å². The smallest absolute Gasteiger partial charge is 0.327 e. The number of pyridine rings is 1. The molecule has 4 rings (SSSR count). The van der Waals surface area contributed by atoms with E-state index in [4.69, 9.17) is 10.9 Å². The highest BCUT2D eigenvalue weighted by molar-refractivity contribution is 5.99. The van der Waals surface area contributed by atoms with Gasteiger partial charge in [-0.3, -0.25) is 9.78 Å². The zero-order valence-corrected chi connectivity index (χ0v) is 17.4. The number of para-hydroxylation sites is 1. The van der Waals surface area contributed by atoms with Crippen LogP contribution >= 0.6 is 0 Å². The number of aliphatic hydroxyl groups is 2. The number of rotatable bonds is 8. The minimum Gasteiger partial charge on any atom is -0.392 e. The molecular weight excluding hydrogens is 411 g/mol. The van der Waals surface area contributed by atoms with Crippen molar-refractivity contribution in [3.63, 3.8) is 0 Å². The minimum atomic E-state index is -1.08. The molecule has 2 aromatic carbocycles. The van der Waals surface area contributed by atoms with Crippen molar-refractivity contribution in [1.82, 2.24) is 4.98 Å². The Morgan fingerprint density at radius 1 is 1.19 bits per heavy atom. The first-order valence-electron chi connectivity index (χ1n) is 10.6. The molecule has 166 valence electrons. The third kappa shape index (κ3) is 5.02. The maximum Gasteiger partial charge on any atom is 0.327 e. The van der Waals surface area contributed by atoms with Gasteiger partial charge in [0.2, 0.25) is 0 Å². The lowest BCUT2D eigenvalue weighted by atomic mass is 9.92. The van der Waals surface area contributed by atoms with E-state index in [1.54, 1.807) is 18.2 Å². The number of hydrogen-bond acceptors (Lipinski definition) is 6. The van der Waals surface area contributed by atoms with Gasteiger partial charge in [-0.05, 0) is 36.6 Å². The molecule has 1 saturated carbocycles. The summed E-state index contributed by atoms with van der Waals surface area (Å²) in [6, 6.07) is 14.1. The maximum atomic E-state index is 13.6. The molecule has 1 aliphatic rings. The number of nitrogens with two attached hydrogens (primary N) is 1. The van der Waals surface area contributed by atoms with Crippen molar-refractivity contribution >= 4 is 22.9 Å². The van der Waals surface area contributed by atoms with Crippen LogP contribution in [0.1, 0.15) is 42.9 Å². The largest absolute Gasteiger partial charge is 0.392 e. The quantitative estimate of drug-likeness (QED) is 0.463. The second kappa shape index (κ2) is 9.56. The fraction of sp³-hybridized carbons (Fsp3) is 0.280. The summed E-state index contributed by atoms with van der Waals surface area (Å²) in [4.78, 5) is 20.2. The Bertz CT molecular complexity index is 1140. The van der Waals surface area contributed by atoms with Gasteiger partial charge >= 0.3 is 5.97 Å². The molecule has 1 fully saturated rings. The number of carbonyl (C=O) groups excluding carboxylic acids is 1. The van der Waals surface area contributed by atoms with Crippen LogP contribution in [0.15, 0.2) is 54.6 Å². The third-order valence-corrected chi connectivity index (χ3v) is 5.59. The number of halogens is 1. The molecule has 4 N–H and O–H groups in total. The third-order valence-electron chi connectivity index (χ3n) is 5.59. The van der Waals surface area contributed by atoms with Crippen LogP contribution in [-0.2, 0) is 9.63 Å². The number of carbonyl (C=O) groups is 1. The van der Waals surface area contributed by atoms with Crippen LogP contribution in [0.3, 0.4) is 0 Å². The molecule has 0 aliphatic heterocycles. The Morgan fingerprint density at radius 3 is 2.59 bits per heavy atom. The Labute approximate surface area is 185 Å². The van der Waals surface area contributed by atoms with Crippen LogP contribution in [-0.4, -0.2) is 33.4 Å². The fourth-order valence-corrected chi connectivity index (χ4v) is 3.90. The molecule has 3 aromatic rings. The minimum absolute atomic E-state index is 0.0444. The molecule has 2 unspecified atom stereocenters. The van der Waals surface area contributed by atoms with Crippen molar-refractivity contribution in [2.24, 2.45) is 5.90 Å². The summed E-state index contributed by atoms with van der Waals surface area (Å²) in [7, 11) is 0. The molecule has 0 spiro atoms. The molecule has 0 saturated heterocycles. The predicted octanol–water partition coefficient (Wildman–Crippen LogP) is 3.85. The molecule has 0 bridgehead atoms. The van der Waals surface area contributed by atoms with Crippen molar-refractivity contribution in [3.05, 3.63) is 71.7 Å². The van der Waals surface area contributed by atoms with Crippen molar-refractivity contribution in [2.75, 3.05) is 0 Å². The van der Waals surface area contributed by atoms with Gasteiger partial charge in [0.1, 0.15) is 5.82 Å². The van der Waals surface area contributed by atoms with Gasteiger partial charge in [-0.25, -0.2) is 4.39 Å². The van der Waals surface area contributed by atoms with Crippen LogP contribution < -0.4 is 5.90 Å². The van der Waals surface area contributed by atoms with E-state index in [-0.39, 0.29) is 18.7 Å². The van der Waals surface area contributed by atoms with E-state index >= 15 is 0 Å². The summed E-state index contributed by atoms with van der Waals surface area (Å²) in [6.07, 6.45) is 3.06. The normalized spacial score (nSPS) is 15.8.